The maximum Gasteiger partial charge on any atom is 0.338 e. The molecule has 1 aromatic carbocycles. The molecule has 1 aromatic rings. The minimum absolute atomic E-state index is 0.113. The minimum Gasteiger partial charge on any atom is -0.478 e. The summed E-state index contributed by atoms with van der Waals surface area (Å²) in [6, 6.07) is 2.21. The van der Waals surface area contributed by atoms with Gasteiger partial charge in [-0.1, -0.05) is 12.8 Å². The van der Waals surface area contributed by atoms with Crippen LogP contribution in [-0.4, -0.2) is 28.3 Å². The summed E-state index contributed by atoms with van der Waals surface area (Å²) in [7, 11) is 0. The van der Waals surface area contributed by atoms with Crippen molar-refractivity contribution in [3.63, 3.8) is 0 Å². The Morgan fingerprint density at radius 2 is 1.89 bits per heavy atom. The number of aromatic carboxylic acids is 1. The molecule has 0 aliphatic heterocycles. The average molecular weight is 271 g/mol. The molecular formula is C13H15F2NO3. The minimum atomic E-state index is -1.51. The van der Waals surface area contributed by atoms with E-state index >= 15 is 0 Å². The van der Waals surface area contributed by atoms with Gasteiger partial charge in [-0.2, -0.15) is 0 Å². The Labute approximate surface area is 109 Å². The van der Waals surface area contributed by atoms with Crippen LogP contribution in [0.15, 0.2) is 12.1 Å². The Hall–Kier alpha value is -1.69. The quantitative estimate of drug-likeness (QED) is 0.786. The molecule has 0 aromatic heterocycles. The fourth-order valence-electron chi connectivity index (χ4n) is 2.47. The lowest BCUT2D eigenvalue weighted by molar-refractivity contribution is 0.0690. The van der Waals surface area contributed by atoms with Gasteiger partial charge >= 0.3 is 5.97 Å². The van der Waals surface area contributed by atoms with Crippen molar-refractivity contribution >= 4 is 11.7 Å². The third kappa shape index (κ3) is 2.53. The van der Waals surface area contributed by atoms with E-state index in [1.54, 1.807) is 0 Å². The second-order valence-corrected chi connectivity index (χ2v) is 4.86. The van der Waals surface area contributed by atoms with E-state index in [4.69, 9.17) is 5.11 Å². The van der Waals surface area contributed by atoms with E-state index in [-0.39, 0.29) is 12.3 Å². The lowest BCUT2D eigenvalue weighted by atomic mass is 9.98. The molecule has 0 amide bonds. The summed E-state index contributed by atoms with van der Waals surface area (Å²) >= 11 is 0. The number of carboxylic acid groups (broad SMARTS) is 1. The molecule has 2 rings (SSSR count). The van der Waals surface area contributed by atoms with Crippen LogP contribution in [0.25, 0.3) is 0 Å². The van der Waals surface area contributed by atoms with Gasteiger partial charge in [0.05, 0.1) is 23.4 Å². The SMILES string of the molecule is O=C(O)c1ccc(NC2(CO)CCCC2)c(F)c1F. The van der Waals surface area contributed by atoms with Crippen LogP contribution in [0, 0.1) is 11.6 Å². The normalized spacial score (nSPS) is 17.4. The van der Waals surface area contributed by atoms with Crippen LogP contribution < -0.4 is 5.32 Å². The molecular weight excluding hydrogens is 256 g/mol. The van der Waals surface area contributed by atoms with Crippen molar-refractivity contribution in [1.29, 1.82) is 0 Å². The van der Waals surface area contributed by atoms with Gasteiger partial charge in [-0.05, 0) is 25.0 Å². The van der Waals surface area contributed by atoms with Crippen LogP contribution in [0.5, 0.6) is 0 Å². The fraction of sp³-hybridized carbons (Fsp3) is 0.462. The van der Waals surface area contributed by atoms with E-state index in [0.29, 0.717) is 12.8 Å². The number of aliphatic hydroxyl groups excluding tert-OH is 1. The van der Waals surface area contributed by atoms with Crippen molar-refractivity contribution in [2.75, 3.05) is 11.9 Å². The predicted molar refractivity (Wildman–Crippen MR) is 65.2 cm³/mol. The zero-order valence-corrected chi connectivity index (χ0v) is 10.2. The molecule has 0 radical (unpaired) electrons. The van der Waals surface area contributed by atoms with E-state index in [1.807, 2.05) is 0 Å². The molecule has 0 spiro atoms. The van der Waals surface area contributed by atoms with Crippen LogP contribution >= 0.6 is 0 Å². The summed E-state index contributed by atoms with van der Waals surface area (Å²) in [4.78, 5) is 10.7. The number of aliphatic hydroxyl groups is 1. The number of anilines is 1. The van der Waals surface area contributed by atoms with Gasteiger partial charge in [0.15, 0.2) is 11.6 Å². The van der Waals surface area contributed by atoms with Gasteiger partial charge in [0, 0.05) is 0 Å². The first-order chi connectivity index (χ1) is 8.99. The number of hydrogen-bond acceptors (Lipinski definition) is 3. The summed E-state index contributed by atoms with van der Waals surface area (Å²) in [5.74, 6) is -4.12. The predicted octanol–water partition coefficient (Wildman–Crippen LogP) is 2.38. The Morgan fingerprint density at radius 3 is 2.42 bits per heavy atom. The largest absolute Gasteiger partial charge is 0.478 e. The van der Waals surface area contributed by atoms with Gasteiger partial charge in [-0.25, -0.2) is 13.6 Å². The van der Waals surface area contributed by atoms with E-state index in [2.05, 4.69) is 5.32 Å². The Morgan fingerprint density at radius 1 is 1.26 bits per heavy atom. The summed E-state index contributed by atoms with van der Waals surface area (Å²) < 4.78 is 27.4. The summed E-state index contributed by atoms with van der Waals surface area (Å²) in [6.45, 7) is -0.172. The maximum absolute atomic E-state index is 13.8. The Bertz CT molecular complexity index is 499. The molecule has 0 bridgehead atoms. The molecule has 0 unspecified atom stereocenters. The van der Waals surface area contributed by atoms with Crippen molar-refractivity contribution in [2.24, 2.45) is 0 Å². The number of carbonyl (C=O) groups is 1. The number of hydrogen-bond donors (Lipinski definition) is 3. The van der Waals surface area contributed by atoms with Gasteiger partial charge in [0.2, 0.25) is 0 Å². The highest BCUT2D eigenvalue weighted by atomic mass is 19.2. The lowest BCUT2D eigenvalue weighted by Crippen LogP contribution is -2.39. The molecule has 1 aliphatic rings. The summed E-state index contributed by atoms with van der Waals surface area (Å²) in [5.41, 5.74) is -1.45. The number of carboxylic acids is 1. The number of rotatable bonds is 4. The first-order valence-corrected chi connectivity index (χ1v) is 6.09. The zero-order chi connectivity index (χ0) is 14.0. The molecule has 3 N–H and O–H groups in total. The number of benzene rings is 1. The highest BCUT2D eigenvalue weighted by molar-refractivity contribution is 5.88. The van der Waals surface area contributed by atoms with Crippen molar-refractivity contribution in [2.45, 2.75) is 31.2 Å². The topological polar surface area (TPSA) is 69.6 Å². The van der Waals surface area contributed by atoms with Crippen molar-refractivity contribution in [1.82, 2.24) is 0 Å². The van der Waals surface area contributed by atoms with Crippen LogP contribution in [0.1, 0.15) is 36.0 Å². The lowest BCUT2D eigenvalue weighted by Gasteiger charge is -2.29. The highest BCUT2D eigenvalue weighted by Gasteiger charge is 2.34. The van der Waals surface area contributed by atoms with Crippen molar-refractivity contribution < 1.29 is 23.8 Å². The third-order valence-corrected chi connectivity index (χ3v) is 3.58. The van der Waals surface area contributed by atoms with Crippen LogP contribution in [0.3, 0.4) is 0 Å². The second kappa shape index (κ2) is 5.13. The molecule has 1 aliphatic carbocycles. The standard InChI is InChI=1S/C13H15F2NO3/c14-10-8(12(18)19)3-4-9(11(10)15)16-13(7-17)5-1-2-6-13/h3-4,16-17H,1-2,5-7H2,(H,18,19). The van der Waals surface area contributed by atoms with Crippen LogP contribution in [0.4, 0.5) is 14.5 Å². The summed E-state index contributed by atoms with van der Waals surface area (Å²) in [6.07, 6.45) is 3.16. The molecule has 1 fully saturated rings. The maximum atomic E-state index is 13.8. The molecule has 6 heteroatoms. The van der Waals surface area contributed by atoms with Crippen molar-refractivity contribution in [3.8, 4) is 0 Å². The van der Waals surface area contributed by atoms with Crippen LogP contribution in [0.2, 0.25) is 0 Å². The van der Waals surface area contributed by atoms with E-state index in [1.165, 1.54) is 6.07 Å². The fourth-order valence-corrected chi connectivity index (χ4v) is 2.47. The summed E-state index contributed by atoms with van der Waals surface area (Å²) in [5, 5.41) is 20.9. The smallest absolute Gasteiger partial charge is 0.338 e. The van der Waals surface area contributed by atoms with E-state index in [0.717, 1.165) is 18.9 Å². The van der Waals surface area contributed by atoms with E-state index < -0.39 is 28.7 Å². The van der Waals surface area contributed by atoms with E-state index in [9.17, 15) is 18.7 Å². The van der Waals surface area contributed by atoms with Crippen LogP contribution in [-0.2, 0) is 0 Å². The van der Waals surface area contributed by atoms with Gasteiger partial charge in [0.1, 0.15) is 0 Å². The average Bonchev–Trinajstić information content (AvgIpc) is 2.84. The molecule has 4 nitrogen and oxygen atoms in total. The molecule has 1 saturated carbocycles. The van der Waals surface area contributed by atoms with Gasteiger partial charge < -0.3 is 15.5 Å². The number of halogens is 2. The molecule has 0 heterocycles. The third-order valence-electron chi connectivity index (χ3n) is 3.58. The molecule has 19 heavy (non-hydrogen) atoms. The number of nitrogens with one attached hydrogen (secondary N) is 1. The molecule has 0 saturated heterocycles. The Kier molecular flexibility index (Phi) is 3.71. The first kappa shape index (κ1) is 13.7. The zero-order valence-electron chi connectivity index (χ0n) is 10.2. The van der Waals surface area contributed by atoms with Gasteiger partial charge in [0.25, 0.3) is 0 Å². The highest BCUT2D eigenvalue weighted by Crippen LogP contribution is 2.34. The molecule has 0 atom stereocenters. The Balaban J connectivity index is 2.31. The van der Waals surface area contributed by atoms with Gasteiger partial charge in [-0.3, -0.25) is 0 Å². The van der Waals surface area contributed by atoms with Crippen molar-refractivity contribution in [3.05, 3.63) is 29.3 Å². The second-order valence-electron chi connectivity index (χ2n) is 4.86. The molecule has 104 valence electrons. The monoisotopic (exact) mass is 271 g/mol. The van der Waals surface area contributed by atoms with Gasteiger partial charge in [-0.15, -0.1) is 0 Å². The first-order valence-electron chi connectivity index (χ1n) is 6.09.